The molecule has 0 N–H and O–H groups in total. The van der Waals surface area contributed by atoms with Gasteiger partial charge in [0.25, 0.3) is 0 Å². The van der Waals surface area contributed by atoms with Crippen molar-refractivity contribution >= 4 is 17.6 Å². The second-order valence-electron chi connectivity index (χ2n) is 4.99. The molecule has 7 heteroatoms. The third-order valence-corrected chi connectivity index (χ3v) is 3.48. The number of benzene rings is 2. The summed E-state index contributed by atoms with van der Waals surface area (Å²) in [6, 6.07) is 9.74. The molecule has 0 aromatic heterocycles. The monoisotopic (exact) mass is 358 g/mol. The maximum absolute atomic E-state index is 12.8. The molecule has 0 atom stereocenters. The Kier molecular flexibility index (Phi) is 5.72. The summed E-state index contributed by atoms with van der Waals surface area (Å²) in [6.45, 7) is -0.298. The van der Waals surface area contributed by atoms with E-state index in [-0.39, 0.29) is 13.0 Å². The van der Waals surface area contributed by atoms with E-state index in [1.807, 2.05) is 0 Å². The summed E-state index contributed by atoms with van der Waals surface area (Å²) >= 11 is 5.95. The van der Waals surface area contributed by atoms with E-state index in [9.17, 15) is 18.0 Å². The summed E-state index contributed by atoms with van der Waals surface area (Å²) in [5, 5.41) is 0.419. The van der Waals surface area contributed by atoms with E-state index < -0.39 is 17.7 Å². The lowest BCUT2D eigenvalue weighted by Gasteiger charge is -2.13. The summed E-state index contributed by atoms with van der Waals surface area (Å²) in [4.78, 5) is 11.2. The van der Waals surface area contributed by atoms with Gasteiger partial charge in [-0.2, -0.15) is 13.2 Å². The van der Waals surface area contributed by atoms with E-state index in [0.717, 1.165) is 12.1 Å². The molecule has 0 aliphatic rings. The van der Waals surface area contributed by atoms with Crippen LogP contribution >= 0.6 is 11.6 Å². The number of ether oxygens (including phenoxy) is 2. The van der Waals surface area contributed by atoms with Gasteiger partial charge in [-0.05, 0) is 35.4 Å². The van der Waals surface area contributed by atoms with Crippen LogP contribution in [0.25, 0.3) is 0 Å². The SMILES string of the molecule is COC(=O)COc1ccc(Cl)cc1Cc1cccc(C(F)(F)F)c1. The highest BCUT2D eigenvalue weighted by Crippen LogP contribution is 2.31. The minimum Gasteiger partial charge on any atom is -0.482 e. The van der Waals surface area contributed by atoms with Gasteiger partial charge >= 0.3 is 12.1 Å². The van der Waals surface area contributed by atoms with Gasteiger partial charge in [-0.1, -0.05) is 29.8 Å². The molecule has 0 spiro atoms. The first-order valence-electron chi connectivity index (χ1n) is 6.94. The van der Waals surface area contributed by atoms with Gasteiger partial charge in [0, 0.05) is 11.4 Å². The van der Waals surface area contributed by atoms with Gasteiger partial charge in [-0.25, -0.2) is 4.79 Å². The van der Waals surface area contributed by atoms with E-state index in [0.29, 0.717) is 21.9 Å². The molecule has 0 amide bonds. The van der Waals surface area contributed by atoms with Crippen molar-refractivity contribution in [2.75, 3.05) is 13.7 Å². The van der Waals surface area contributed by atoms with Gasteiger partial charge in [-0.15, -0.1) is 0 Å². The number of carbonyl (C=O) groups is 1. The number of carbonyl (C=O) groups excluding carboxylic acids is 1. The molecule has 2 aromatic carbocycles. The summed E-state index contributed by atoms with van der Waals surface area (Å²) in [7, 11) is 1.23. The van der Waals surface area contributed by atoms with E-state index in [4.69, 9.17) is 16.3 Å². The molecule has 2 rings (SSSR count). The highest BCUT2D eigenvalue weighted by Gasteiger charge is 2.30. The number of hydrogen-bond donors (Lipinski definition) is 0. The average Bonchev–Trinajstić information content (AvgIpc) is 2.53. The second kappa shape index (κ2) is 7.57. The Morgan fingerprint density at radius 2 is 1.92 bits per heavy atom. The lowest BCUT2D eigenvalue weighted by atomic mass is 10.0. The van der Waals surface area contributed by atoms with Crippen molar-refractivity contribution in [1.82, 2.24) is 0 Å². The van der Waals surface area contributed by atoms with Crippen LogP contribution in [0.15, 0.2) is 42.5 Å². The predicted molar refractivity (Wildman–Crippen MR) is 83.2 cm³/mol. The standard InChI is InChI=1S/C17H14ClF3O3/c1-23-16(22)10-24-15-6-5-14(18)9-12(15)7-11-3-2-4-13(8-11)17(19,20)21/h2-6,8-9H,7,10H2,1H3. The first-order chi connectivity index (χ1) is 11.3. The normalized spacial score (nSPS) is 11.2. The largest absolute Gasteiger partial charge is 0.482 e. The quantitative estimate of drug-likeness (QED) is 0.738. The molecule has 24 heavy (non-hydrogen) atoms. The van der Waals surface area contributed by atoms with Gasteiger partial charge < -0.3 is 9.47 Å². The topological polar surface area (TPSA) is 35.5 Å². The van der Waals surface area contributed by atoms with E-state index in [1.54, 1.807) is 24.3 Å². The molecular weight excluding hydrogens is 345 g/mol. The minimum absolute atomic E-state index is 0.182. The fraction of sp³-hybridized carbons (Fsp3) is 0.235. The van der Waals surface area contributed by atoms with Crippen molar-refractivity contribution in [2.24, 2.45) is 0 Å². The fourth-order valence-corrected chi connectivity index (χ4v) is 2.29. The number of rotatable bonds is 5. The molecule has 0 heterocycles. The van der Waals surface area contributed by atoms with Crippen molar-refractivity contribution in [3.63, 3.8) is 0 Å². The molecule has 0 saturated heterocycles. The van der Waals surface area contributed by atoms with Gasteiger partial charge in [0.1, 0.15) is 5.75 Å². The summed E-state index contributed by atoms with van der Waals surface area (Å²) in [5.41, 5.74) is 0.305. The molecule has 0 fully saturated rings. The molecule has 0 saturated carbocycles. The van der Waals surface area contributed by atoms with Crippen LogP contribution in [0.4, 0.5) is 13.2 Å². The summed E-state index contributed by atoms with van der Waals surface area (Å²) in [5.74, 6) is -0.197. The maximum Gasteiger partial charge on any atom is 0.416 e. The average molecular weight is 359 g/mol. The van der Waals surface area contributed by atoms with Gasteiger partial charge in [0.05, 0.1) is 12.7 Å². The highest BCUT2D eigenvalue weighted by molar-refractivity contribution is 6.30. The number of methoxy groups -OCH3 is 1. The van der Waals surface area contributed by atoms with Crippen LogP contribution in [-0.4, -0.2) is 19.7 Å². The second-order valence-corrected chi connectivity index (χ2v) is 5.43. The number of alkyl halides is 3. The zero-order valence-corrected chi connectivity index (χ0v) is 13.4. The predicted octanol–water partition coefficient (Wildman–Crippen LogP) is 4.50. The lowest BCUT2D eigenvalue weighted by Crippen LogP contribution is -2.13. The first kappa shape index (κ1) is 18.1. The Labute approximate surface area is 142 Å². The van der Waals surface area contributed by atoms with Crippen molar-refractivity contribution < 1.29 is 27.4 Å². The number of esters is 1. The smallest absolute Gasteiger partial charge is 0.416 e. The maximum atomic E-state index is 12.8. The number of hydrogen-bond acceptors (Lipinski definition) is 3. The molecule has 0 aliphatic heterocycles. The van der Waals surface area contributed by atoms with Crippen LogP contribution < -0.4 is 4.74 Å². The Hall–Kier alpha value is -2.21. The van der Waals surface area contributed by atoms with E-state index in [2.05, 4.69) is 4.74 Å². The van der Waals surface area contributed by atoms with Crippen molar-refractivity contribution in [3.05, 3.63) is 64.2 Å². The molecule has 128 valence electrons. The number of halogens is 4. The van der Waals surface area contributed by atoms with Crippen molar-refractivity contribution in [1.29, 1.82) is 0 Å². The molecule has 0 aliphatic carbocycles. The molecule has 0 unspecified atom stereocenters. The zero-order valence-electron chi connectivity index (χ0n) is 12.7. The third kappa shape index (κ3) is 4.89. The van der Waals surface area contributed by atoms with E-state index >= 15 is 0 Å². The zero-order chi connectivity index (χ0) is 17.7. The summed E-state index contributed by atoms with van der Waals surface area (Å²) in [6.07, 6.45) is -4.23. The highest BCUT2D eigenvalue weighted by atomic mass is 35.5. The van der Waals surface area contributed by atoms with Crippen LogP contribution in [0, 0.1) is 0 Å². The van der Waals surface area contributed by atoms with Gasteiger partial charge in [0.15, 0.2) is 6.61 Å². The van der Waals surface area contributed by atoms with Crippen molar-refractivity contribution in [3.8, 4) is 5.75 Å². The van der Waals surface area contributed by atoms with Crippen LogP contribution in [0.1, 0.15) is 16.7 Å². The molecule has 0 radical (unpaired) electrons. The Balaban J connectivity index is 2.25. The van der Waals surface area contributed by atoms with Gasteiger partial charge in [-0.3, -0.25) is 0 Å². The Morgan fingerprint density at radius 3 is 2.58 bits per heavy atom. The van der Waals surface area contributed by atoms with Crippen molar-refractivity contribution in [2.45, 2.75) is 12.6 Å². The Bertz CT molecular complexity index is 729. The first-order valence-corrected chi connectivity index (χ1v) is 7.31. The molecule has 0 bridgehead atoms. The van der Waals surface area contributed by atoms with E-state index in [1.165, 1.54) is 13.2 Å². The van der Waals surface area contributed by atoms with Gasteiger partial charge in [0.2, 0.25) is 0 Å². The third-order valence-electron chi connectivity index (χ3n) is 3.24. The lowest BCUT2D eigenvalue weighted by molar-refractivity contribution is -0.143. The Morgan fingerprint density at radius 1 is 1.17 bits per heavy atom. The van der Waals surface area contributed by atoms with Crippen LogP contribution in [0.2, 0.25) is 5.02 Å². The fourth-order valence-electron chi connectivity index (χ4n) is 2.10. The van der Waals surface area contributed by atoms with Crippen LogP contribution in [0.5, 0.6) is 5.75 Å². The minimum atomic E-state index is -4.41. The molecule has 2 aromatic rings. The summed E-state index contributed by atoms with van der Waals surface area (Å²) < 4.78 is 48.3. The molecular formula is C17H14ClF3O3. The van der Waals surface area contributed by atoms with Crippen LogP contribution in [0.3, 0.4) is 0 Å². The van der Waals surface area contributed by atoms with Crippen LogP contribution in [-0.2, 0) is 22.1 Å². The molecule has 3 nitrogen and oxygen atoms in total.